The van der Waals surface area contributed by atoms with Crippen molar-refractivity contribution in [2.24, 2.45) is 0 Å². The van der Waals surface area contributed by atoms with Crippen molar-refractivity contribution in [2.45, 2.75) is 33.7 Å². The van der Waals surface area contributed by atoms with Crippen LogP contribution in [-0.2, 0) is 4.79 Å². The molecule has 102 valence electrons. The third kappa shape index (κ3) is 4.29. The van der Waals surface area contributed by atoms with E-state index in [0.29, 0.717) is 12.1 Å². The van der Waals surface area contributed by atoms with E-state index in [2.05, 4.69) is 11.4 Å². The second-order valence-corrected chi connectivity index (χ2v) is 4.85. The van der Waals surface area contributed by atoms with Crippen LogP contribution < -0.4 is 10.2 Å². The molecule has 19 heavy (non-hydrogen) atoms. The molecule has 0 unspecified atom stereocenters. The summed E-state index contributed by atoms with van der Waals surface area (Å²) >= 11 is 0. The fourth-order valence-corrected chi connectivity index (χ4v) is 1.90. The van der Waals surface area contributed by atoms with Crippen LogP contribution in [0.3, 0.4) is 0 Å². The van der Waals surface area contributed by atoms with Gasteiger partial charge in [0, 0.05) is 18.3 Å². The molecule has 0 saturated heterocycles. The van der Waals surface area contributed by atoms with Crippen LogP contribution in [0.15, 0.2) is 18.2 Å². The van der Waals surface area contributed by atoms with Crippen molar-refractivity contribution in [3.05, 3.63) is 29.3 Å². The van der Waals surface area contributed by atoms with E-state index in [9.17, 15) is 4.79 Å². The molecule has 1 N–H and O–H groups in total. The standard InChI is InChI=1S/C15H21N3O/c1-5-18(10-15(19)17-11(2)3)14-7-6-13(9-16)12(4)8-14/h6-8,11H,5,10H2,1-4H3,(H,17,19). The van der Waals surface area contributed by atoms with Crippen LogP contribution in [0.4, 0.5) is 5.69 Å². The van der Waals surface area contributed by atoms with Crippen LogP contribution in [0.5, 0.6) is 0 Å². The Bertz CT molecular complexity index is 489. The first-order valence-electron chi connectivity index (χ1n) is 6.53. The lowest BCUT2D eigenvalue weighted by Crippen LogP contribution is -2.40. The molecule has 0 heterocycles. The first kappa shape index (κ1) is 15.0. The molecule has 1 aromatic carbocycles. The highest BCUT2D eigenvalue weighted by molar-refractivity contribution is 5.81. The number of benzene rings is 1. The zero-order valence-corrected chi connectivity index (χ0v) is 12.0. The van der Waals surface area contributed by atoms with Gasteiger partial charge in [0.1, 0.15) is 0 Å². The lowest BCUT2D eigenvalue weighted by atomic mass is 10.1. The Morgan fingerprint density at radius 2 is 2.16 bits per heavy atom. The minimum Gasteiger partial charge on any atom is -0.362 e. The number of nitriles is 1. The van der Waals surface area contributed by atoms with Gasteiger partial charge in [0.05, 0.1) is 18.2 Å². The Balaban J connectivity index is 2.83. The van der Waals surface area contributed by atoms with Gasteiger partial charge >= 0.3 is 0 Å². The van der Waals surface area contributed by atoms with Gasteiger partial charge in [-0.15, -0.1) is 0 Å². The number of aryl methyl sites for hydroxylation is 1. The molecule has 0 saturated carbocycles. The summed E-state index contributed by atoms with van der Waals surface area (Å²) in [7, 11) is 0. The summed E-state index contributed by atoms with van der Waals surface area (Å²) in [4.78, 5) is 13.8. The Morgan fingerprint density at radius 3 is 2.63 bits per heavy atom. The average Bonchev–Trinajstić information content (AvgIpc) is 2.35. The van der Waals surface area contributed by atoms with Crippen LogP contribution in [0, 0.1) is 18.3 Å². The molecule has 4 heteroatoms. The van der Waals surface area contributed by atoms with Crippen molar-refractivity contribution in [1.82, 2.24) is 5.32 Å². The zero-order valence-electron chi connectivity index (χ0n) is 12.0. The Kier molecular flexibility index (Phi) is 5.37. The van der Waals surface area contributed by atoms with E-state index < -0.39 is 0 Å². The summed E-state index contributed by atoms with van der Waals surface area (Å²) in [6.45, 7) is 8.89. The molecule has 1 aromatic rings. The van der Waals surface area contributed by atoms with Gasteiger partial charge in [-0.2, -0.15) is 5.26 Å². The van der Waals surface area contributed by atoms with E-state index in [1.165, 1.54) is 0 Å². The summed E-state index contributed by atoms with van der Waals surface area (Å²) in [5, 5.41) is 11.8. The van der Waals surface area contributed by atoms with E-state index in [1.807, 2.05) is 44.7 Å². The number of likely N-dealkylation sites (N-methyl/N-ethyl adjacent to an activating group) is 1. The number of hydrogen-bond donors (Lipinski definition) is 1. The van der Waals surface area contributed by atoms with Crippen LogP contribution >= 0.6 is 0 Å². The smallest absolute Gasteiger partial charge is 0.239 e. The van der Waals surface area contributed by atoms with Crippen molar-refractivity contribution in [3.8, 4) is 6.07 Å². The second kappa shape index (κ2) is 6.79. The van der Waals surface area contributed by atoms with E-state index in [4.69, 9.17) is 5.26 Å². The van der Waals surface area contributed by atoms with Crippen LogP contribution in [-0.4, -0.2) is 25.0 Å². The number of nitrogens with zero attached hydrogens (tertiary/aromatic N) is 2. The number of carbonyl (C=O) groups is 1. The minimum atomic E-state index is 0.0128. The number of hydrogen-bond acceptors (Lipinski definition) is 3. The van der Waals surface area contributed by atoms with Gasteiger partial charge in [0.25, 0.3) is 0 Å². The highest BCUT2D eigenvalue weighted by atomic mass is 16.2. The summed E-state index contributed by atoms with van der Waals surface area (Å²) in [6.07, 6.45) is 0. The first-order chi connectivity index (χ1) is 8.97. The molecule has 4 nitrogen and oxygen atoms in total. The number of carbonyl (C=O) groups excluding carboxylic acids is 1. The first-order valence-corrected chi connectivity index (χ1v) is 6.53. The number of nitrogens with one attached hydrogen (secondary N) is 1. The van der Waals surface area contributed by atoms with Gasteiger partial charge < -0.3 is 10.2 Å². The third-order valence-corrected chi connectivity index (χ3v) is 2.86. The van der Waals surface area contributed by atoms with Crippen molar-refractivity contribution in [3.63, 3.8) is 0 Å². The molecule has 0 aliphatic heterocycles. The van der Waals surface area contributed by atoms with E-state index in [-0.39, 0.29) is 11.9 Å². The maximum absolute atomic E-state index is 11.8. The number of anilines is 1. The predicted molar refractivity (Wildman–Crippen MR) is 77.1 cm³/mol. The molecular formula is C15H21N3O. The monoisotopic (exact) mass is 259 g/mol. The second-order valence-electron chi connectivity index (χ2n) is 4.85. The molecule has 0 aliphatic rings. The Morgan fingerprint density at radius 1 is 1.47 bits per heavy atom. The normalized spacial score (nSPS) is 10.1. The molecule has 0 radical (unpaired) electrons. The molecule has 0 aromatic heterocycles. The molecule has 1 amide bonds. The van der Waals surface area contributed by atoms with Gasteiger partial charge in [-0.1, -0.05) is 0 Å². The van der Waals surface area contributed by atoms with Crippen LogP contribution in [0.2, 0.25) is 0 Å². The minimum absolute atomic E-state index is 0.0128. The van der Waals surface area contributed by atoms with Crippen molar-refractivity contribution in [2.75, 3.05) is 18.0 Å². The SMILES string of the molecule is CCN(CC(=O)NC(C)C)c1ccc(C#N)c(C)c1. The number of amides is 1. The summed E-state index contributed by atoms with van der Waals surface area (Å²) in [5.74, 6) is 0.0128. The summed E-state index contributed by atoms with van der Waals surface area (Å²) in [5.41, 5.74) is 2.58. The Labute approximate surface area is 115 Å². The maximum Gasteiger partial charge on any atom is 0.239 e. The largest absolute Gasteiger partial charge is 0.362 e. The van der Waals surface area contributed by atoms with Gasteiger partial charge in [-0.25, -0.2) is 0 Å². The van der Waals surface area contributed by atoms with E-state index >= 15 is 0 Å². The van der Waals surface area contributed by atoms with Crippen molar-refractivity contribution in [1.29, 1.82) is 5.26 Å². The molecule has 0 bridgehead atoms. The lowest BCUT2D eigenvalue weighted by molar-refractivity contribution is -0.120. The Hall–Kier alpha value is -2.02. The van der Waals surface area contributed by atoms with Gasteiger partial charge in [0.2, 0.25) is 5.91 Å². The van der Waals surface area contributed by atoms with E-state index in [1.54, 1.807) is 6.07 Å². The molecule has 0 atom stereocenters. The maximum atomic E-state index is 11.8. The fourth-order valence-electron chi connectivity index (χ4n) is 1.90. The van der Waals surface area contributed by atoms with Gasteiger partial charge in [-0.3, -0.25) is 4.79 Å². The fraction of sp³-hybridized carbons (Fsp3) is 0.467. The third-order valence-electron chi connectivity index (χ3n) is 2.86. The van der Waals surface area contributed by atoms with Crippen LogP contribution in [0.25, 0.3) is 0 Å². The molecule has 0 fully saturated rings. The predicted octanol–water partition coefficient (Wildman–Crippen LogP) is 2.22. The number of rotatable bonds is 5. The summed E-state index contributed by atoms with van der Waals surface area (Å²) in [6, 6.07) is 7.93. The molecular weight excluding hydrogens is 238 g/mol. The summed E-state index contributed by atoms with van der Waals surface area (Å²) < 4.78 is 0. The average molecular weight is 259 g/mol. The van der Waals surface area contributed by atoms with Crippen LogP contribution in [0.1, 0.15) is 31.9 Å². The van der Waals surface area contributed by atoms with Gasteiger partial charge in [-0.05, 0) is 51.5 Å². The lowest BCUT2D eigenvalue weighted by Gasteiger charge is -2.23. The molecule has 0 aliphatic carbocycles. The topological polar surface area (TPSA) is 56.1 Å². The molecule has 0 spiro atoms. The van der Waals surface area contributed by atoms with Crippen molar-refractivity contribution >= 4 is 11.6 Å². The quantitative estimate of drug-likeness (QED) is 0.882. The van der Waals surface area contributed by atoms with Crippen molar-refractivity contribution < 1.29 is 4.79 Å². The highest BCUT2D eigenvalue weighted by Crippen LogP contribution is 2.18. The zero-order chi connectivity index (χ0) is 14.4. The highest BCUT2D eigenvalue weighted by Gasteiger charge is 2.11. The van der Waals surface area contributed by atoms with E-state index in [0.717, 1.165) is 17.8 Å². The van der Waals surface area contributed by atoms with Gasteiger partial charge in [0.15, 0.2) is 0 Å². The molecule has 1 rings (SSSR count).